The molecule has 0 saturated carbocycles. The van der Waals surface area contributed by atoms with E-state index in [0.29, 0.717) is 6.04 Å². The van der Waals surface area contributed by atoms with Gasteiger partial charge in [0.15, 0.2) is 0 Å². The van der Waals surface area contributed by atoms with Crippen LogP contribution in [0.25, 0.3) is 0 Å². The number of benzene rings is 1. The minimum Gasteiger partial charge on any atom is -0.346 e. The predicted octanol–water partition coefficient (Wildman–Crippen LogP) is 2.38. The van der Waals surface area contributed by atoms with Gasteiger partial charge in [0.1, 0.15) is 0 Å². The lowest BCUT2D eigenvalue weighted by Crippen LogP contribution is -2.23. The van der Waals surface area contributed by atoms with E-state index in [1.54, 1.807) is 0 Å². The van der Waals surface area contributed by atoms with Crippen molar-refractivity contribution in [2.75, 3.05) is 0 Å². The van der Waals surface area contributed by atoms with Crippen LogP contribution in [-0.4, -0.2) is 25.7 Å². The number of hydrogen-bond donors (Lipinski definition) is 0. The first kappa shape index (κ1) is 14.4. The molecule has 100 valence electrons. The Balaban J connectivity index is 2.27. The van der Waals surface area contributed by atoms with Gasteiger partial charge in [0, 0.05) is 6.42 Å². The lowest BCUT2D eigenvalue weighted by molar-refractivity contribution is 0.399. The quantitative estimate of drug-likeness (QED) is 0.587. The van der Waals surface area contributed by atoms with Gasteiger partial charge in [-0.1, -0.05) is 61.2 Å². The maximum absolute atomic E-state index is 4.78. The standard InChI is InChI=1S/C16H20B2N2/c1-3-8-13(9-4-2)15-12-16(20(18-17)19-15)14-10-6-5-7-11-14/h3-11,16,18H,1,12,17H2,2H3/b9-4-,13-8+. The summed E-state index contributed by atoms with van der Waals surface area (Å²) in [5.41, 5.74) is 3.62. The van der Waals surface area contributed by atoms with E-state index in [1.807, 2.05) is 25.2 Å². The highest BCUT2D eigenvalue weighted by Crippen LogP contribution is 2.31. The SMILES string of the molecule is BBN1N=C(C(/C=C\C)=C/C=C)CC1c1ccccc1. The Bertz CT molecular complexity index is 547. The smallest absolute Gasteiger partial charge is 0.217 e. The van der Waals surface area contributed by atoms with Gasteiger partial charge in [-0.05, 0) is 18.1 Å². The first-order chi connectivity index (χ1) is 9.80. The molecule has 1 aliphatic rings. The maximum Gasteiger partial charge on any atom is 0.217 e. The van der Waals surface area contributed by atoms with Crippen LogP contribution in [0.5, 0.6) is 0 Å². The summed E-state index contributed by atoms with van der Waals surface area (Å²) in [5.74, 6) is 0. The Hall–Kier alpha value is -1.96. The number of hydrogen-bond acceptors (Lipinski definition) is 2. The topological polar surface area (TPSA) is 15.6 Å². The van der Waals surface area contributed by atoms with Crippen LogP contribution in [0.2, 0.25) is 0 Å². The molecule has 0 aromatic heterocycles. The van der Waals surface area contributed by atoms with Gasteiger partial charge in [0.2, 0.25) is 7.31 Å². The summed E-state index contributed by atoms with van der Waals surface area (Å²) >= 11 is 0. The van der Waals surface area contributed by atoms with Gasteiger partial charge in [-0.2, -0.15) is 5.10 Å². The Labute approximate surface area is 123 Å². The van der Waals surface area contributed by atoms with Crippen molar-refractivity contribution in [3.63, 3.8) is 0 Å². The second-order valence-electron chi connectivity index (χ2n) is 4.79. The average Bonchev–Trinajstić information content (AvgIpc) is 2.92. The highest BCUT2D eigenvalue weighted by atomic mass is 15.4. The largest absolute Gasteiger partial charge is 0.346 e. The van der Waals surface area contributed by atoms with Crippen LogP contribution in [0.4, 0.5) is 0 Å². The third kappa shape index (κ3) is 3.13. The fourth-order valence-corrected chi connectivity index (χ4v) is 2.54. The molecule has 0 aliphatic carbocycles. The van der Waals surface area contributed by atoms with Crippen molar-refractivity contribution in [2.24, 2.45) is 5.10 Å². The second-order valence-corrected chi connectivity index (χ2v) is 4.79. The molecule has 4 heteroatoms. The minimum absolute atomic E-state index is 0.342. The molecular weight excluding hydrogens is 242 g/mol. The highest BCUT2D eigenvalue weighted by molar-refractivity contribution is 6.87. The van der Waals surface area contributed by atoms with E-state index in [1.165, 1.54) is 5.56 Å². The third-order valence-corrected chi connectivity index (χ3v) is 3.48. The van der Waals surface area contributed by atoms with Crippen molar-refractivity contribution in [1.82, 2.24) is 4.92 Å². The van der Waals surface area contributed by atoms with Gasteiger partial charge in [-0.25, -0.2) is 0 Å². The highest BCUT2D eigenvalue weighted by Gasteiger charge is 2.27. The molecule has 0 radical (unpaired) electrons. The molecule has 1 unspecified atom stereocenters. The molecule has 1 atom stereocenters. The first-order valence-electron chi connectivity index (χ1n) is 7.15. The van der Waals surface area contributed by atoms with Crippen molar-refractivity contribution < 1.29 is 0 Å². The molecular formula is C16H20B2N2. The summed E-state index contributed by atoms with van der Waals surface area (Å²) in [6.45, 7) is 5.82. The summed E-state index contributed by atoms with van der Waals surface area (Å²) in [4.78, 5) is 2.17. The van der Waals surface area contributed by atoms with Crippen molar-refractivity contribution in [3.8, 4) is 0 Å². The molecule has 2 nitrogen and oxygen atoms in total. The van der Waals surface area contributed by atoms with Crippen LogP contribution in [0, 0.1) is 0 Å². The van der Waals surface area contributed by atoms with E-state index in [2.05, 4.69) is 55.6 Å². The van der Waals surface area contributed by atoms with Gasteiger partial charge in [0.25, 0.3) is 0 Å². The average molecular weight is 262 g/mol. The summed E-state index contributed by atoms with van der Waals surface area (Å²) in [6.07, 6.45) is 8.94. The van der Waals surface area contributed by atoms with E-state index in [-0.39, 0.29) is 0 Å². The Morgan fingerprint density at radius 3 is 2.80 bits per heavy atom. The molecule has 1 heterocycles. The van der Waals surface area contributed by atoms with E-state index >= 15 is 0 Å². The lowest BCUT2D eigenvalue weighted by Gasteiger charge is -2.22. The fraction of sp³-hybridized carbons (Fsp3) is 0.188. The van der Waals surface area contributed by atoms with Gasteiger partial charge in [0.05, 0.1) is 19.5 Å². The van der Waals surface area contributed by atoms with Gasteiger partial charge >= 0.3 is 0 Å². The lowest BCUT2D eigenvalue weighted by atomic mass is 9.65. The van der Waals surface area contributed by atoms with Crippen molar-refractivity contribution in [1.29, 1.82) is 0 Å². The zero-order valence-electron chi connectivity index (χ0n) is 12.3. The van der Waals surface area contributed by atoms with Crippen molar-refractivity contribution in [3.05, 3.63) is 72.4 Å². The fourth-order valence-electron chi connectivity index (χ4n) is 2.54. The number of nitrogens with zero attached hydrogens (tertiary/aromatic N) is 2. The minimum atomic E-state index is 0.342. The molecule has 2 rings (SSSR count). The monoisotopic (exact) mass is 262 g/mol. The zero-order valence-corrected chi connectivity index (χ0v) is 12.3. The first-order valence-corrected chi connectivity index (χ1v) is 7.15. The van der Waals surface area contributed by atoms with E-state index in [4.69, 9.17) is 5.10 Å². The molecule has 1 aromatic rings. The van der Waals surface area contributed by atoms with Crippen LogP contribution in [0.15, 0.2) is 71.9 Å². The summed E-state index contributed by atoms with van der Waals surface area (Å²) in [6, 6.07) is 10.9. The number of hydrazone groups is 1. The van der Waals surface area contributed by atoms with Crippen LogP contribution in [0.1, 0.15) is 24.9 Å². The van der Waals surface area contributed by atoms with Gasteiger partial charge in [-0.15, -0.1) is 0 Å². The third-order valence-electron chi connectivity index (χ3n) is 3.48. The molecule has 0 N–H and O–H groups in total. The predicted molar refractivity (Wildman–Crippen MR) is 91.9 cm³/mol. The molecule has 1 aliphatic heterocycles. The number of allylic oxidation sites excluding steroid dienone is 5. The van der Waals surface area contributed by atoms with Crippen LogP contribution >= 0.6 is 0 Å². The number of rotatable bonds is 5. The Morgan fingerprint density at radius 1 is 1.45 bits per heavy atom. The summed E-state index contributed by atoms with van der Waals surface area (Å²) in [7, 11) is 3.06. The van der Waals surface area contributed by atoms with Gasteiger partial charge < -0.3 is 4.92 Å². The molecule has 0 bridgehead atoms. The normalized spacial score (nSPS) is 19.2. The van der Waals surface area contributed by atoms with Crippen LogP contribution in [-0.2, 0) is 0 Å². The zero-order chi connectivity index (χ0) is 14.4. The Morgan fingerprint density at radius 2 is 2.20 bits per heavy atom. The van der Waals surface area contributed by atoms with E-state index in [0.717, 1.165) is 25.0 Å². The summed E-state index contributed by atoms with van der Waals surface area (Å²) < 4.78 is 0. The van der Waals surface area contributed by atoms with Crippen molar-refractivity contribution >= 4 is 20.8 Å². The molecule has 0 saturated heterocycles. The molecule has 1 aromatic carbocycles. The molecule has 0 fully saturated rings. The Kier molecular flexibility index (Phi) is 5.05. The van der Waals surface area contributed by atoms with Crippen molar-refractivity contribution in [2.45, 2.75) is 19.4 Å². The molecule has 0 spiro atoms. The van der Waals surface area contributed by atoms with E-state index < -0.39 is 0 Å². The second kappa shape index (κ2) is 6.99. The van der Waals surface area contributed by atoms with E-state index in [9.17, 15) is 0 Å². The van der Waals surface area contributed by atoms with Crippen LogP contribution in [0.3, 0.4) is 0 Å². The molecule has 20 heavy (non-hydrogen) atoms. The maximum atomic E-state index is 4.78. The van der Waals surface area contributed by atoms with Gasteiger partial charge in [-0.3, -0.25) is 0 Å². The van der Waals surface area contributed by atoms with Crippen LogP contribution < -0.4 is 0 Å². The summed E-state index contributed by atoms with van der Waals surface area (Å²) in [5, 5.41) is 4.78. The molecule has 0 amide bonds.